The largest absolute Gasteiger partial charge is 0.494 e. The molecule has 1 nitrogen and oxygen atoms in total. The molecule has 2 aromatic rings. The van der Waals surface area contributed by atoms with Crippen molar-refractivity contribution in [1.82, 2.24) is 0 Å². The van der Waals surface area contributed by atoms with E-state index in [0.29, 0.717) is 6.61 Å². The van der Waals surface area contributed by atoms with Crippen LogP contribution in [0.25, 0.3) is 12.2 Å². The van der Waals surface area contributed by atoms with Crippen LogP contribution in [0.1, 0.15) is 18.1 Å². The summed E-state index contributed by atoms with van der Waals surface area (Å²) in [4.78, 5) is 0. The first-order valence-electron chi connectivity index (χ1n) is 6.33. The highest BCUT2D eigenvalue weighted by molar-refractivity contribution is 5.48. The van der Waals surface area contributed by atoms with Crippen molar-refractivity contribution >= 4 is 12.2 Å². The molecule has 0 fully saturated rings. The Hall–Kier alpha value is -2.28. The summed E-state index contributed by atoms with van der Waals surface area (Å²) in [5.41, 5.74) is 2.29. The molecule has 2 rings (SSSR count). The van der Waals surface area contributed by atoms with Crippen LogP contribution >= 0.6 is 0 Å². The van der Waals surface area contributed by atoms with E-state index in [1.54, 1.807) is 0 Å². The van der Waals surface area contributed by atoms with Gasteiger partial charge in [0, 0.05) is 0 Å². The average molecular weight is 252 g/mol. The van der Waals surface area contributed by atoms with Gasteiger partial charge in [0.05, 0.1) is 6.61 Å². The first-order valence-corrected chi connectivity index (χ1v) is 6.33. The van der Waals surface area contributed by atoms with Gasteiger partial charge < -0.3 is 4.74 Å². The Morgan fingerprint density at radius 3 is 1.79 bits per heavy atom. The van der Waals surface area contributed by atoms with Gasteiger partial charge in [-0.05, 0) is 30.2 Å². The molecule has 0 aliphatic heterocycles. The van der Waals surface area contributed by atoms with E-state index in [1.807, 2.05) is 73.7 Å². The SMILES string of the molecule is C=Cc1ccc(OCC)cc1.C=Cc1ccccc1. The van der Waals surface area contributed by atoms with E-state index in [1.165, 1.54) is 5.56 Å². The highest BCUT2D eigenvalue weighted by Crippen LogP contribution is 2.12. The second-order valence-corrected chi connectivity index (χ2v) is 3.82. The van der Waals surface area contributed by atoms with Gasteiger partial charge in [-0.25, -0.2) is 0 Å². The molecule has 2 aromatic carbocycles. The zero-order chi connectivity index (χ0) is 13.9. The van der Waals surface area contributed by atoms with E-state index in [4.69, 9.17) is 4.74 Å². The summed E-state index contributed by atoms with van der Waals surface area (Å²) >= 11 is 0. The van der Waals surface area contributed by atoms with E-state index in [9.17, 15) is 0 Å². The second-order valence-electron chi connectivity index (χ2n) is 3.82. The molecule has 0 unspecified atom stereocenters. The normalized spacial score (nSPS) is 8.89. The molecule has 0 saturated heterocycles. The first-order chi connectivity index (χ1) is 9.30. The Kier molecular flexibility index (Phi) is 6.81. The van der Waals surface area contributed by atoms with Gasteiger partial charge in [-0.1, -0.05) is 67.8 Å². The molecule has 0 aromatic heterocycles. The summed E-state index contributed by atoms with van der Waals surface area (Å²) in [6.45, 7) is 9.99. The fraction of sp³-hybridized carbons (Fsp3) is 0.111. The van der Waals surface area contributed by atoms with Crippen LogP contribution in [0.4, 0.5) is 0 Å². The molecule has 0 saturated carbocycles. The van der Waals surface area contributed by atoms with Crippen molar-refractivity contribution in [2.45, 2.75) is 6.92 Å². The van der Waals surface area contributed by atoms with Gasteiger partial charge in [0.1, 0.15) is 5.75 Å². The van der Waals surface area contributed by atoms with E-state index in [2.05, 4.69) is 13.2 Å². The van der Waals surface area contributed by atoms with Crippen molar-refractivity contribution < 1.29 is 4.74 Å². The van der Waals surface area contributed by atoms with Crippen LogP contribution < -0.4 is 4.74 Å². The molecule has 0 heterocycles. The quantitative estimate of drug-likeness (QED) is 0.739. The third kappa shape index (κ3) is 5.73. The second kappa shape index (κ2) is 8.76. The first kappa shape index (κ1) is 14.8. The maximum atomic E-state index is 5.27. The molecule has 19 heavy (non-hydrogen) atoms. The third-order valence-corrected chi connectivity index (χ3v) is 2.46. The molecule has 0 bridgehead atoms. The molecule has 0 amide bonds. The highest BCUT2D eigenvalue weighted by Gasteiger charge is 1.89. The van der Waals surface area contributed by atoms with Crippen molar-refractivity contribution in [1.29, 1.82) is 0 Å². The molecule has 1 heteroatoms. The molecule has 0 spiro atoms. The molecule has 0 aliphatic rings. The van der Waals surface area contributed by atoms with Crippen molar-refractivity contribution in [3.05, 3.63) is 78.9 Å². The van der Waals surface area contributed by atoms with E-state index in [0.717, 1.165) is 11.3 Å². The highest BCUT2D eigenvalue weighted by atomic mass is 16.5. The molecule has 0 aliphatic carbocycles. The van der Waals surface area contributed by atoms with Crippen LogP contribution in [0.15, 0.2) is 67.8 Å². The summed E-state index contributed by atoms with van der Waals surface area (Å²) in [6, 6.07) is 17.9. The Labute approximate surface area is 115 Å². The van der Waals surface area contributed by atoms with E-state index >= 15 is 0 Å². The van der Waals surface area contributed by atoms with Crippen LogP contribution in [0.5, 0.6) is 5.75 Å². The molecule has 0 radical (unpaired) electrons. The topological polar surface area (TPSA) is 9.23 Å². The number of benzene rings is 2. The van der Waals surface area contributed by atoms with Crippen LogP contribution in [-0.2, 0) is 0 Å². The predicted molar refractivity (Wildman–Crippen MR) is 84.2 cm³/mol. The van der Waals surface area contributed by atoms with Crippen LogP contribution in [-0.4, -0.2) is 6.61 Å². The average Bonchev–Trinajstić information content (AvgIpc) is 2.50. The maximum Gasteiger partial charge on any atom is 0.119 e. The van der Waals surface area contributed by atoms with Gasteiger partial charge in [-0.2, -0.15) is 0 Å². The van der Waals surface area contributed by atoms with Crippen molar-refractivity contribution in [3.8, 4) is 5.75 Å². The fourth-order valence-corrected chi connectivity index (χ4v) is 1.46. The third-order valence-electron chi connectivity index (χ3n) is 2.46. The summed E-state index contributed by atoms with van der Waals surface area (Å²) in [5.74, 6) is 0.915. The number of hydrogen-bond donors (Lipinski definition) is 0. The van der Waals surface area contributed by atoms with Crippen molar-refractivity contribution in [2.24, 2.45) is 0 Å². The molecule has 0 atom stereocenters. The standard InChI is InChI=1S/C10H12O.C8H8/c1-3-9-5-7-10(8-6-9)11-4-2;1-2-8-6-4-3-5-7-8/h3,5-8H,1,4H2,2H3;2-7H,1H2. The molecule has 98 valence electrons. The zero-order valence-electron chi connectivity index (χ0n) is 11.4. The maximum absolute atomic E-state index is 5.27. The number of hydrogen-bond acceptors (Lipinski definition) is 1. The molecule has 0 N–H and O–H groups in total. The lowest BCUT2D eigenvalue weighted by Crippen LogP contribution is -1.90. The van der Waals surface area contributed by atoms with E-state index < -0.39 is 0 Å². The Balaban J connectivity index is 0.000000200. The predicted octanol–water partition coefficient (Wildman–Crippen LogP) is 5.06. The summed E-state index contributed by atoms with van der Waals surface area (Å²) in [6.07, 6.45) is 3.65. The summed E-state index contributed by atoms with van der Waals surface area (Å²) in [7, 11) is 0. The lowest BCUT2D eigenvalue weighted by molar-refractivity contribution is 0.340. The zero-order valence-corrected chi connectivity index (χ0v) is 11.4. The van der Waals surface area contributed by atoms with Gasteiger partial charge in [-0.15, -0.1) is 0 Å². The molecular weight excluding hydrogens is 232 g/mol. The van der Waals surface area contributed by atoms with Crippen LogP contribution in [0, 0.1) is 0 Å². The van der Waals surface area contributed by atoms with Gasteiger partial charge in [-0.3, -0.25) is 0 Å². The molecular formula is C18H20O. The minimum absolute atomic E-state index is 0.716. The summed E-state index contributed by atoms with van der Waals surface area (Å²) in [5, 5.41) is 0. The van der Waals surface area contributed by atoms with Gasteiger partial charge >= 0.3 is 0 Å². The smallest absolute Gasteiger partial charge is 0.119 e. The minimum Gasteiger partial charge on any atom is -0.494 e. The number of rotatable bonds is 4. The minimum atomic E-state index is 0.716. The van der Waals surface area contributed by atoms with Crippen molar-refractivity contribution in [3.63, 3.8) is 0 Å². The Morgan fingerprint density at radius 1 is 0.842 bits per heavy atom. The van der Waals surface area contributed by atoms with Crippen LogP contribution in [0.2, 0.25) is 0 Å². The lowest BCUT2D eigenvalue weighted by Gasteiger charge is -2.01. The number of ether oxygens (including phenoxy) is 1. The lowest BCUT2D eigenvalue weighted by atomic mass is 10.2. The van der Waals surface area contributed by atoms with Crippen LogP contribution in [0.3, 0.4) is 0 Å². The van der Waals surface area contributed by atoms with E-state index in [-0.39, 0.29) is 0 Å². The monoisotopic (exact) mass is 252 g/mol. The van der Waals surface area contributed by atoms with Gasteiger partial charge in [0.15, 0.2) is 0 Å². The Morgan fingerprint density at radius 2 is 1.37 bits per heavy atom. The fourth-order valence-electron chi connectivity index (χ4n) is 1.46. The van der Waals surface area contributed by atoms with Gasteiger partial charge in [0.2, 0.25) is 0 Å². The van der Waals surface area contributed by atoms with Gasteiger partial charge in [0.25, 0.3) is 0 Å². The Bertz CT molecular complexity index is 483. The summed E-state index contributed by atoms with van der Waals surface area (Å²) < 4.78 is 5.27. The van der Waals surface area contributed by atoms with Crippen molar-refractivity contribution in [2.75, 3.05) is 6.61 Å².